The highest BCUT2D eigenvalue weighted by atomic mass is 14.9. The lowest BCUT2D eigenvalue weighted by Gasteiger charge is -2.21. The normalized spacial score (nSPS) is 12.7. The molecule has 10 aromatic rings. The van der Waals surface area contributed by atoms with Gasteiger partial charge in [0.05, 0.1) is 11.4 Å². The summed E-state index contributed by atoms with van der Waals surface area (Å²) in [5.41, 5.74) is 17.5. The molecule has 1 aromatic heterocycles. The highest BCUT2D eigenvalue weighted by molar-refractivity contribution is 6.07. The lowest BCUT2D eigenvalue weighted by atomic mass is 9.81. The average molecular weight is 753 g/mol. The Morgan fingerprint density at radius 3 is 1.56 bits per heavy atom. The van der Waals surface area contributed by atoms with Crippen LogP contribution >= 0.6 is 0 Å². The molecule has 0 unspecified atom stereocenters. The van der Waals surface area contributed by atoms with Gasteiger partial charge in [-0.05, 0) is 83.2 Å². The molecule has 0 fully saturated rings. The van der Waals surface area contributed by atoms with Gasteiger partial charge in [0.25, 0.3) is 0 Å². The Hall–Kier alpha value is -7.42. The Morgan fingerprint density at radius 1 is 0.322 bits per heavy atom. The molecular formula is C57H40N2. The van der Waals surface area contributed by atoms with Crippen LogP contribution in [-0.4, -0.2) is 9.97 Å². The molecule has 0 N–H and O–H groups in total. The molecule has 11 rings (SSSR count). The van der Waals surface area contributed by atoms with E-state index in [9.17, 15) is 0 Å². The Labute approximate surface area is 345 Å². The van der Waals surface area contributed by atoms with E-state index in [1.54, 1.807) is 0 Å². The molecule has 0 bridgehead atoms. The summed E-state index contributed by atoms with van der Waals surface area (Å²) in [7, 11) is 0. The van der Waals surface area contributed by atoms with Gasteiger partial charge in [0.15, 0.2) is 5.82 Å². The first-order valence-corrected chi connectivity index (χ1v) is 20.4. The van der Waals surface area contributed by atoms with Crippen LogP contribution in [0.25, 0.3) is 100.0 Å². The third kappa shape index (κ3) is 5.79. The van der Waals surface area contributed by atoms with Crippen molar-refractivity contribution in [1.29, 1.82) is 0 Å². The number of aromatic nitrogens is 2. The van der Waals surface area contributed by atoms with Gasteiger partial charge < -0.3 is 0 Å². The van der Waals surface area contributed by atoms with E-state index in [2.05, 4.69) is 202 Å². The van der Waals surface area contributed by atoms with Crippen LogP contribution in [0.1, 0.15) is 25.0 Å². The largest absolute Gasteiger partial charge is 0.228 e. The topological polar surface area (TPSA) is 25.8 Å². The van der Waals surface area contributed by atoms with E-state index in [4.69, 9.17) is 9.97 Å². The smallest absolute Gasteiger partial charge is 0.160 e. The first-order valence-electron chi connectivity index (χ1n) is 20.4. The van der Waals surface area contributed by atoms with Gasteiger partial charge in [-0.15, -0.1) is 0 Å². The average Bonchev–Trinajstić information content (AvgIpc) is 3.55. The number of benzene rings is 9. The minimum Gasteiger partial charge on any atom is -0.228 e. The predicted octanol–water partition coefficient (Wildman–Crippen LogP) is 15.1. The maximum absolute atomic E-state index is 5.26. The van der Waals surface area contributed by atoms with Crippen LogP contribution in [0.5, 0.6) is 0 Å². The zero-order valence-electron chi connectivity index (χ0n) is 33.0. The van der Waals surface area contributed by atoms with Gasteiger partial charge in [0.2, 0.25) is 0 Å². The second-order valence-electron chi connectivity index (χ2n) is 16.1. The van der Waals surface area contributed by atoms with Crippen LogP contribution in [0.4, 0.5) is 0 Å². The van der Waals surface area contributed by atoms with Crippen molar-refractivity contribution in [3.8, 4) is 78.4 Å². The maximum Gasteiger partial charge on any atom is 0.160 e. The molecule has 2 heteroatoms. The van der Waals surface area contributed by atoms with Crippen LogP contribution in [0.3, 0.4) is 0 Å². The Morgan fingerprint density at radius 2 is 0.831 bits per heavy atom. The Kier molecular flexibility index (Phi) is 8.20. The second kappa shape index (κ2) is 13.9. The fraction of sp³-hybridized carbons (Fsp3) is 0.0526. The zero-order chi connectivity index (χ0) is 39.5. The van der Waals surface area contributed by atoms with Gasteiger partial charge in [0.1, 0.15) is 0 Å². The minimum atomic E-state index is -0.0805. The summed E-state index contributed by atoms with van der Waals surface area (Å²) in [6, 6.07) is 74.2. The monoisotopic (exact) mass is 752 g/mol. The predicted molar refractivity (Wildman–Crippen MR) is 247 cm³/mol. The van der Waals surface area contributed by atoms with Crippen molar-refractivity contribution in [1.82, 2.24) is 9.97 Å². The van der Waals surface area contributed by atoms with Crippen LogP contribution in [0.15, 0.2) is 206 Å². The summed E-state index contributed by atoms with van der Waals surface area (Å²) < 4.78 is 0. The lowest BCUT2D eigenvalue weighted by Crippen LogP contribution is -2.14. The Bertz CT molecular complexity index is 3220. The molecule has 0 saturated heterocycles. The quantitative estimate of drug-likeness (QED) is 0.169. The first kappa shape index (κ1) is 34.8. The molecule has 2 nitrogen and oxygen atoms in total. The highest BCUT2D eigenvalue weighted by Crippen LogP contribution is 2.54. The van der Waals surface area contributed by atoms with Crippen LogP contribution in [0.2, 0.25) is 0 Å². The van der Waals surface area contributed by atoms with Gasteiger partial charge in [-0.3, -0.25) is 0 Å². The third-order valence-corrected chi connectivity index (χ3v) is 12.3. The zero-order valence-corrected chi connectivity index (χ0v) is 33.0. The van der Waals surface area contributed by atoms with E-state index in [1.165, 1.54) is 60.7 Å². The molecule has 1 heterocycles. The van der Waals surface area contributed by atoms with Gasteiger partial charge in [-0.1, -0.05) is 214 Å². The van der Waals surface area contributed by atoms with Gasteiger partial charge in [-0.25, -0.2) is 9.97 Å². The number of fused-ring (bicyclic) bond motifs is 6. The molecule has 1 aliphatic rings. The second-order valence-corrected chi connectivity index (χ2v) is 16.1. The fourth-order valence-corrected chi connectivity index (χ4v) is 9.41. The number of hydrogen-bond acceptors (Lipinski definition) is 2. The van der Waals surface area contributed by atoms with E-state index < -0.39 is 0 Å². The SMILES string of the molecule is CC1(C)c2cccc(-c3ccc(-c4ccc(-c5cc(-c6ccccc6-c6ccccc6)nc(-c6ccccc6)n5)c5ccccc45)cc3)c2-c2c1ccc1ccccc21. The van der Waals surface area contributed by atoms with Crippen molar-refractivity contribution in [3.63, 3.8) is 0 Å². The van der Waals surface area contributed by atoms with E-state index in [1.807, 2.05) is 18.2 Å². The van der Waals surface area contributed by atoms with E-state index in [0.29, 0.717) is 5.82 Å². The van der Waals surface area contributed by atoms with E-state index in [-0.39, 0.29) is 5.41 Å². The van der Waals surface area contributed by atoms with E-state index in [0.717, 1.165) is 44.6 Å². The molecule has 0 aliphatic heterocycles. The molecule has 9 aromatic carbocycles. The fourth-order valence-electron chi connectivity index (χ4n) is 9.41. The molecular weight excluding hydrogens is 713 g/mol. The summed E-state index contributed by atoms with van der Waals surface area (Å²) >= 11 is 0. The number of nitrogens with zero attached hydrogens (tertiary/aromatic N) is 2. The number of rotatable bonds is 6. The minimum absolute atomic E-state index is 0.0805. The summed E-state index contributed by atoms with van der Waals surface area (Å²) in [6.45, 7) is 4.73. The number of hydrogen-bond donors (Lipinski definition) is 0. The summed E-state index contributed by atoms with van der Waals surface area (Å²) in [4.78, 5) is 10.5. The van der Waals surface area contributed by atoms with Crippen molar-refractivity contribution in [2.75, 3.05) is 0 Å². The Balaban J connectivity index is 1.03. The summed E-state index contributed by atoms with van der Waals surface area (Å²) in [5.74, 6) is 0.705. The third-order valence-electron chi connectivity index (χ3n) is 12.3. The van der Waals surface area contributed by atoms with Crippen molar-refractivity contribution < 1.29 is 0 Å². The summed E-state index contributed by atoms with van der Waals surface area (Å²) in [6.07, 6.45) is 0. The van der Waals surface area contributed by atoms with Gasteiger partial charge in [0, 0.05) is 22.1 Å². The lowest BCUT2D eigenvalue weighted by molar-refractivity contribution is 0.661. The van der Waals surface area contributed by atoms with Crippen molar-refractivity contribution in [2.24, 2.45) is 0 Å². The molecule has 59 heavy (non-hydrogen) atoms. The van der Waals surface area contributed by atoms with Crippen LogP contribution in [0, 0.1) is 0 Å². The molecule has 278 valence electrons. The molecule has 0 spiro atoms. The van der Waals surface area contributed by atoms with Gasteiger partial charge in [-0.2, -0.15) is 0 Å². The van der Waals surface area contributed by atoms with Gasteiger partial charge >= 0.3 is 0 Å². The van der Waals surface area contributed by atoms with E-state index >= 15 is 0 Å². The molecule has 0 saturated carbocycles. The standard InChI is InChI=1S/C57H40N2/c1-57(2)50-27-15-26-45(54(50)55-44-22-10-9-18-38(44)32-35-51(55)57)40-30-28-39(29-31-40)43-33-34-49(47-24-13-12-23-46(43)47)53-36-52(58-56(59-53)41-19-7-4-8-20-41)48-25-14-11-21-42(48)37-16-5-3-6-17-37/h3-36H,1-2H3. The maximum atomic E-state index is 5.26. The van der Waals surface area contributed by atoms with Crippen LogP contribution in [-0.2, 0) is 5.41 Å². The summed E-state index contributed by atoms with van der Waals surface area (Å²) in [5, 5.41) is 4.94. The molecule has 1 aliphatic carbocycles. The van der Waals surface area contributed by atoms with Crippen LogP contribution < -0.4 is 0 Å². The molecule has 0 amide bonds. The van der Waals surface area contributed by atoms with Crippen molar-refractivity contribution in [3.05, 3.63) is 217 Å². The first-order chi connectivity index (χ1) is 29.0. The molecule has 0 atom stereocenters. The van der Waals surface area contributed by atoms with Crippen molar-refractivity contribution >= 4 is 21.5 Å². The highest BCUT2D eigenvalue weighted by Gasteiger charge is 2.37. The molecule has 0 radical (unpaired) electrons. The van der Waals surface area contributed by atoms with Crippen molar-refractivity contribution in [2.45, 2.75) is 19.3 Å².